The average Bonchev–Trinajstić information content (AvgIpc) is 2.24. The summed E-state index contributed by atoms with van der Waals surface area (Å²) in [4.78, 5) is 12.9. The standard InChI is InChI=1S/C11H19F3N2O/c1-8-4-3-5-9(6-8)16(2)10(17)15-7-11(12,13)14/h8-9H,3-7H2,1-2H3,(H,15,17). The fourth-order valence-corrected chi connectivity index (χ4v) is 2.22. The van der Waals surface area contributed by atoms with Gasteiger partial charge in [-0.3, -0.25) is 0 Å². The molecular weight excluding hydrogens is 233 g/mol. The van der Waals surface area contributed by atoms with Gasteiger partial charge in [0.25, 0.3) is 0 Å². The van der Waals surface area contributed by atoms with E-state index < -0.39 is 18.8 Å². The Bertz CT molecular complexity index is 268. The summed E-state index contributed by atoms with van der Waals surface area (Å²) in [5, 5.41) is 1.90. The maximum atomic E-state index is 12.0. The molecule has 2 atom stereocenters. The highest BCUT2D eigenvalue weighted by molar-refractivity contribution is 5.74. The van der Waals surface area contributed by atoms with Gasteiger partial charge in [0.15, 0.2) is 0 Å². The third kappa shape index (κ3) is 4.83. The minimum atomic E-state index is -4.35. The molecule has 1 rings (SSSR count). The lowest BCUT2D eigenvalue weighted by Gasteiger charge is -2.34. The molecule has 2 amide bonds. The Morgan fingerprint density at radius 2 is 2.06 bits per heavy atom. The van der Waals surface area contributed by atoms with Crippen LogP contribution in [0.15, 0.2) is 0 Å². The summed E-state index contributed by atoms with van der Waals surface area (Å²) in [5.41, 5.74) is 0. The van der Waals surface area contributed by atoms with Gasteiger partial charge in [0.1, 0.15) is 6.54 Å². The fourth-order valence-electron chi connectivity index (χ4n) is 2.22. The lowest BCUT2D eigenvalue weighted by molar-refractivity contribution is -0.123. The molecule has 17 heavy (non-hydrogen) atoms. The predicted molar refractivity (Wildman–Crippen MR) is 58.6 cm³/mol. The van der Waals surface area contributed by atoms with Crippen molar-refractivity contribution in [3.63, 3.8) is 0 Å². The number of hydrogen-bond donors (Lipinski definition) is 1. The van der Waals surface area contributed by atoms with Crippen LogP contribution in [0.4, 0.5) is 18.0 Å². The molecule has 6 heteroatoms. The first kappa shape index (κ1) is 14.1. The number of alkyl halides is 3. The van der Waals surface area contributed by atoms with Gasteiger partial charge >= 0.3 is 12.2 Å². The molecular formula is C11H19F3N2O. The Labute approximate surface area is 99.4 Å². The number of nitrogens with zero attached hydrogens (tertiary/aromatic N) is 1. The molecule has 0 aromatic carbocycles. The van der Waals surface area contributed by atoms with E-state index in [1.807, 2.05) is 5.32 Å². The Kier molecular flexibility index (Phi) is 4.65. The molecule has 1 N–H and O–H groups in total. The van der Waals surface area contributed by atoms with E-state index in [2.05, 4.69) is 6.92 Å². The zero-order chi connectivity index (χ0) is 13.1. The number of amides is 2. The number of hydrogen-bond acceptors (Lipinski definition) is 1. The van der Waals surface area contributed by atoms with Crippen molar-refractivity contribution in [1.82, 2.24) is 10.2 Å². The lowest BCUT2D eigenvalue weighted by Crippen LogP contribution is -2.47. The van der Waals surface area contributed by atoms with Crippen LogP contribution in [0.1, 0.15) is 32.6 Å². The number of carbonyl (C=O) groups excluding carboxylic acids is 1. The van der Waals surface area contributed by atoms with Crippen molar-refractivity contribution in [3.8, 4) is 0 Å². The summed E-state index contributed by atoms with van der Waals surface area (Å²) in [5.74, 6) is 0.534. The second-order valence-corrected chi connectivity index (χ2v) is 4.81. The van der Waals surface area contributed by atoms with Gasteiger partial charge in [-0.15, -0.1) is 0 Å². The van der Waals surface area contributed by atoms with Gasteiger partial charge in [-0.2, -0.15) is 13.2 Å². The molecule has 0 radical (unpaired) electrons. The van der Waals surface area contributed by atoms with E-state index in [-0.39, 0.29) is 6.04 Å². The quantitative estimate of drug-likeness (QED) is 0.805. The van der Waals surface area contributed by atoms with E-state index in [0.29, 0.717) is 5.92 Å². The molecule has 1 fully saturated rings. The summed E-state index contributed by atoms with van der Waals surface area (Å²) in [7, 11) is 1.56. The second kappa shape index (κ2) is 5.60. The fraction of sp³-hybridized carbons (Fsp3) is 0.909. The minimum absolute atomic E-state index is 0.0620. The average molecular weight is 252 g/mol. The molecule has 0 bridgehead atoms. The van der Waals surface area contributed by atoms with E-state index in [1.165, 1.54) is 4.90 Å². The van der Waals surface area contributed by atoms with Gasteiger partial charge < -0.3 is 10.2 Å². The van der Waals surface area contributed by atoms with Crippen LogP contribution in [0.25, 0.3) is 0 Å². The second-order valence-electron chi connectivity index (χ2n) is 4.81. The van der Waals surface area contributed by atoms with E-state index in [4.69, 9.17) is 0 Å². The maximum absolute atomic E-state index is 12.0. The van der Waals surface area contributed by atoms with E-state index in [0.717, 1.165) is 25.7 Å². The molecule has 1 aliphatic rings. The van der Waals surface area contributed by atoms with Crippen LogP contribution in [0.5, 0.6) is 0 Å². The Morgan fingerprint density at radius 1 is 1.41 bits per heavy atom. The Balaban J connectivity index is 2.40. The van der Waals surface area contributed by atoms with Gasteiger partial charge in [0.2, 0.25) is 0 Å². The first-order valence-corrected chi connectivity index (χ1v) is 5.87. The maximum Gasteiger partial charge on any atom is 0.405 e. The number of halogens is 3. The molecule has 0 saturated heterocycles. The highest BCUT2D eigenvalue weighted by Crippen LogP contribution is 2.26. The van der Waals surface area contributed by atoms with Crippen molar-refractivity contribution in [2.45, 2.75) is 44.8 Å². The highest BCUT2D eigenvalue weighted by Gasteiger charge is 2.30. The summed E-state index contributed by atoms with van der Waals surface area (Å²) < 4.78 is 35.9. The molecule has 0 aromatic rings. The van der Waals surface area contributed by atoms with Crippen LogP contribution >= 0.6 is 0 Å². The summed E-state index contributed by atoms with van der Waals surface area (Å²) in [6, 6.07) is -0.576. The molecule has 100 valence electrons. The first-order chi connectivity index (χ1) is 7.79. The Hall–Kier alpha value is -0.940. The van der Waals surface area contributed by atoms with E-state index in [1.54, 1.807) is 7.05 Å². The van der Waals surface area contributed by atoms with Crippen molar-refractivity contribution >= 4 is 6.03 Å². The number of rotatable bonds is 2. The van der Waals surface area contributed by atoms with Gasteiger partial charge in [-0.1, -0.05) is 19.8 Å². The van der Waals surface area contributed by atoms with Gasteiger partial charge in [0, 0.05) is 13.1 Å². The summed E-state index contributed by atoms with van der Waals surface area (Å²) in [6.45, 7) is 0.839. The molecule has 1 aliphatic carbocycles. The SMILES string of the molecule is CC1CCCC(N(C)C(=O)NCC(F)(F)F)C1. The van der Waals surface area contributed by atoms with Crippen LogP contribution in [0, 0.1) is 5.92 Å². The smallest absolute Gasteiger partial charge is 0.329 e. The molecule has 3 nitrogen and oxygen atoms in total. The van der Waals surface area contributed by atoms with Crippen molar-refractivity contribution in [2.24, 2.45) is 5.92 Å². The first-order valence-electron chi connectivity index (χ1n) is 5.87. The zero-order valence-electron chi connectivity index (χ0n) is 10.2. The summed E-state index contributed by atoms with van der Waals surface area (Å²) in [6.07, 6.45) is -0.441. The largest absolute Gasteiger partial charge is 0.405 e. The van der Waals surface area contributed by atoms with Crippen LogP contribution < -0.4 is 5.32 Å². The van der Waals surface area contributed by atoms with Crippen LogP contribution in [0.3, 0.4) is 0 Å². The third-order valence-electron chi connectivity index (χ3n) is 3.22. The van der Waals surface area contributed by atoms with Gasteiger partial charge in [0.05, 0.1) is 0 Å². The lowest BCUT2D eigenvalue weighted by atomic mass is 9.86. The molecule has 0 spiro atoms. The topological polar surface area (TPSA) is 32.3 Å². The van der Waals surface area contributed by atoms with Crippen molar-refractivity contribution in [2.75, 3.05) is 13.6 Å². The van der Waals surface area contributed by atoms with Crippen molar-refractivity contribution < 1.29 is 18.0 Å². The molecule has 2 unspecified atom stereocenters. The zero-order valence-corrected chi connectivity index (χ0v) is 10.2. The monoisotopic (exact) mass is 252 g/mol. The van der Waals surface area contributed by atoms with Crippen LogP contribution in [0.2, 0.25) is 0 Å². The molecule has 0 aromatic heterocycles. The van der Waals surface area contributed by atoms with Gasteiger partial charge in [-0.25, -0.2) is 4.79 Å². The molecule has 0 aliphatic heterocycles. The highest BCUT2D eigenvalue weighted by atomic mass is 19.4. The Morgan fingerprint density at radius 3 is 2.59 bits per heavy atom. The van der Waals surface area contributed by atoms with Crippen molar-refractivity contribution in [3.05, 3.63) is 0 Å². The molecule has 1 saturated carbocycles. The van der Waals surface area contributed by atoms with Gasteiger partial charge in [-0.05, 0) is 18.8 Å². The number of carbonyl (C=O) groups is 1. The minimum Gasteiger partial charge on any atom is -0.329 e. The number of nitrogens with one attached hydrogen (secondary N) is 1. The summed E-state index contributed by atoms with van der Waals surface area (Å²) >= 11 is 0. The van der Waals surface area contributed by atoms with E-state index >= 15 is 0 Å². The predicted octanol–water partition coefficient (Wildman–Crippen LogP) is 2.77. The van der Waals surface area contributed by atoms with E-state index in [9.17, 15) is 18.0 Å². The van der Waals surface area contributed by atoms with Crippen LogP contribution in [-0.2, 0) is 0 Å². The molecule has 0 heterocycles. The third-order valence-corrected chi connectivity index (χ3v) is 3.22. The van der Waals surface area contributed by atoms with Crippen LogP contribution in [-0.4, -0.2) is 36.7 Å². The van der Waals surface area contributed by atoms with Crippen molar-refractivity contribution in [1.29, 1.82) is 0 Å². The number of urea groups is 1. The normalized spacial score (nSPS) is 25.5.